The Morgan fingerprint density at radius 3 is 2.85 bits per heavy atom. The molecule has 1 aliphatic rings. The topological polar surface area (TPSA) is 12.5 Å². The van der Waals surface area contributed by atoms with Gasteiger partial charge in [-0.3, -0.25) is 0 Å². The van der Waals surface area contributed by atoms with Crippen molar-refractivity contribution in [3.63, 3.8) is 0 Å². The van der Waals surface area contributed by atoms with Gasteiger partial charge in [-0.1, -0.05) is 0 Å². The Morgan fingerprint density at radius 1 is 1.54 bits per heavy atom. The van der Waals surface area contributed by atoms with Crippen LogP contribution in [0.1, 0.15) is 26.2 Å². The van der Waals surface area contributed by atoms with E-state index in [2.05, 4.69) is 11.9 Å². The molecule has 0 bridgehead atoms. The summed E-state index contributed by atoms with van der Waals surface area (Å²) < 4.78 is 5.65. The van der Waals surface area contributed by atoms with Crippen LogP contribution < -0.4 is 0 Å². The fourth-order valence-corrected chi connectivity index (χ4v) is 2.04. The lowest BCUT2D eigenvalue weighted by molar-refractivity contribution is -0.00124. The van der Waals surface area contributed by atoms with Gasteiger partial charge >= 0.3 is 0 Å². The van der Waals surface area contributed by atoms with Crippen molar-refractivity contribution in [1.29, 1.82) is 0 Å². The lowest BCUT2D eigenvalue weighted by Crippen LogP contribution is -2.35. The number of halogens is 1. The zero-order chi connectivity index (χ0) is 9.68. The molecule has 0 aromatic rings. The van der Waals surface area contributed by atoms with Crippen LogP contribution in [0.2, 0.25) is 0 Å². The maximum Gasteiger partial charge on any atom is 0.0701 e. The summed E-state index contributed by atoms with van der Waals surface area (Å²) >= 11 is 5.91. The van der Waals surface area contributed by atoms with Crippen LogP contribution in [0.15, 0.2) is 0 Å². The van der Waals surface area contributed by atoms with Crippen LogP contribution >= 0.6 is 11.6 Å². The van der Waals surface area contributed by atoms with Gasteiger partial charge in [-0.15, -0.1) is 11.6 Å². The molecule has 0 radical (unpaired) electrons. The molecule has 13 heavy (non-hydrogen) atoms. The zero-order valence-electron chi connectivity index (χ0n) is 8.63. The van der Waals surface area contributed by atoms with E-state index in [4.69, 9.17) is 16.3 Å². The predicted octanol–water partition coefficient (Wildman–Crippen LogP) is 2.11. The normalized spacial score (nSPS) is 26.3. The highest BCUT2D eigenvalue weighted by atomic mass is 35.5. The van der Waals surface area contributed by atoms with E-state index in [0.29, 0.717) is 6.10 Å². The molecular formula is C10H20ClNO. The molecule has 0 aliphatic carbocycles. The van der Waals surface area contributed by atoms with Crippen molar-refractivity contribution in [1.82, 2.24) is 4.90 Å². The average Bonchev–Trinajstić information content (AvgIpc) is 2.04. The lowest BCUT2D eigenvalue weighted by Gasteiger charge is -2.27. The molecule has 1 saturated heterocycles. The summed E-state index contributed by atoms with van der Waals surface area (Å²) in [5, 5.41) is 0.230. The van der Waals surface area contributed by atoms with E-state index >= 15 is 0 Å². The van der Waals surface area contributed by atoms with Gasteiger partial charge in [0.1, 0.15) is 0 Å². The minimum atomic E-state index is 0.230. The first kappa shape index (κ1) is 11.3. The van der Waals surface area contributed by atoms with E-state index in [-0.39, 0.29) is 5.38 Å². The summed E-state index contributed by atoms with van der Waals surface area (Å²) in [5.41, 5.74) is 0. The first-order chi connectivity index (χ1) is 6.18. The Bertz CT molecular complexity index is 135. The molecule has 0 N–H and O–H groups in total. The van der Waals surface area contributed by atoms with Crippen molar-refractivity contribution in [3.8, 4) is 0 Å². The van der Waals surface area contributed by atoms with Gasteiger partial charge in [-0.2, -0.15) is 0 Å². The molecule has 2 unspecified atom stereocenters. The van der Waals surface area contributed by atoms with E-state index in [0.717, 1.165) is 19.7 Å². The molecule has 0 amide bonds. The van der Waals surface area contributed by atoms with Crippen LogP contribution in [-0.2, 0) is 4.74 Å². The smallest absolute Gasteiger partial charge is 0.0701 e. The SMILES string of the molecule is CC(Cl)CN(C)CC1CCCCO1. The summed E-state index contributed by atoms with van der Waals surface area (Å²) in [6.07, 6.45) is 4.19. The van der Waals surface area contributed by atoms with Gasteiger partial charge in [0, 0.05) is 25.1 Å². The van der Waals surface area contributed by atoms with Crippen molar-refractivity contribution in [2.45, 2.75) is 37.7 Å². The van der Waals surface area contributed by atoms with E-state index < -0.39 is 0 Å². The molecule has 2 nitrogen and oxygen atoms in total. The van der Waals surface area contributed by atoms with E-state index in [1.54, 1.807) is 0 Å². The summed E-state index contributed by atoms with van der Waals surface area (Å²) in [6, 6.07) is 0. The summed E-state index contributed by atoms with van der Waals surface area (Å²) in [7, 11) is 2.11. The molecule has 3 heteroatoms. The third-order valence-electron chi connectivity index (χ3n) is 2.35. The highest BCUT2D eigenvalue weighted by Gasteiger charge is 2.16. The Labute approximate surface area is 86.2 Å². The number of nitrogens with zero attached hydrogens (tertiary/aromatic N) is 1. The summed E-state index contributed by atoms with van der Waals surface area (Å²) in [4.78, 5) is 2.26. The molecule has 2 atom stereocenters. The number of rotatable bonds is 4. The van der Waals surface area contributed by atoms with E-state index in [1.807, 2.05) is 6.92 Å². The van der Waals surface area contributed by atoms with Gasteiger partial charge < -0.3 is 9.64 Å². The number of alkyl halides is 1. The minimum absolute atomic E-state index is 0.230. The predicted molar refractivity (Wildman–Crippen MR) is 56.4 cm³/mol. The van der Waals surface area contributed by atoms with Gasteiger partial charge in [-0.25, -0.2) is 0 Å². The van der Waals surface area contributed by atoms with Gasteiger partial charge in [0.15, 0.2) is 0 Å². The molecule has 1 fully saturated rings. The van der Waals surface area contributed by atoms with Gasteiger partial charge in [0.25, 0.3) is 0 Å². The molecule has 0 aromatic carbocycles. The summed E-state index contributed by atoms with van der Waals surface area (Å²) in [6.45, 7) is 4.94. The highest BCUT2D eigenvalue weighted by Crippen LogP contribution is 2.13. The quantitative estimate of drug-likeness (QED) is 0.652. The molecule has 1 heterocycles. The number of hydrogen-bond donors (Lipinski definition) is 0. The molecule has 78 valence electrons. The van der Waals surface area contributed by atoms with Crippen molar-refractivity contribution < 1.29 is 4.74 Å². The van der Waals surface area contributed by atoms with Gasteiger partial charge in [0.2, 0.25) is 0 Å². The summed E-state index contributed by atoms with van der Waals surface area (Å²) in [5.74, 6) is 0. The van der Waals surface area contributed by atoms with Crippen molar-refractivity contribution in [3.05, 3.63) is 0 Å². The van der Waals surface area contributed by atoms with Crippen molar-refractivity contribution in [2.75, 3.05) is 26.7 Å². The Kier molecular flexibility index (Phi) is 5.07. The van der Waals surface area contributed by atoms with Gasteiger partial charge in [-0.05, 0) is 33.2 Å². The van der Waals surface area contributed by atoms with Crippen LogP contribution in [0.4, 0.5) is 0 Å². The molecule has 0 spiro atoms. The molecule has 0 saturated carbocycles. The number of ether oxygens (including phenoxy) is 1. The van der Waals surface area contributed by atoms with Crippen LogP contribution in [0.25, 0.3) is 0 Å². The molecule has 0 aromatic heterocycles. The lowest BCUT2D eigenvalue weighted by atomic mass is 10.1. The maximum atomic E-state index is 5.91. The zero-order valence-corrected chi connectivity index (χ0v) is 9.39. The van der Waals surface area contributed by atoms with E-state index in [1.165, 1.54) is 19.3 Å². The van der Waals surface area contributed by atoms with Crippen LogP contribution in [-0.4, -0.2) is 43.1 Å². The van der Waals surface area contributed by atoms with Crippen LogP contribution in [0.3, 0.4) is 0 Å². The molecule has 1 aliphatic heterocycles. The van der Waals surface area contributed by atoms with Gasteiger partial charge in [0.05, 0.1) is 6.10 Å². The van der Waals surface area contributed by atoms with Crippen molar-refractivity contribution >= 4 is 11.6 Å². The first-order valence-corrected chi connectivity index (χ1v) is 5.56. The number of hydrogen-bond acceptors (Lipinski definition) is 2. The maximum absolute atomic E-state index is 5.91. The van der Waals surface area contributed by atoms with Crippen LogP contribution in [0.5, 0.6) is 0 Å². The monoisotopic (exact) mass is 205 g/mol. The Balaban J connectivity index is 2.14. The number of likely N-dealkylation sites (N-methyl/N-ethyl adjacent to an activating group) is 1. The second-order valence-corrected chi connectivity index (χ2v) is 4.74. The average molecular weight is 206 g/mol. The second-order valence-electron chi connectivity index (χ2n) is 3.99. The third kappa shape index (κ3) is 4.84. The third-order valence-corrected chi connectivity index (χ3v) is 2.49. The van der Waals surface area contributed by atoms with Crippen LogP contribution in [0, 0.1) is 0 Å². The minimum Gasteiger partial charge on any atom is -0.377 e. The second kappa shape index (κ2) is 5.84. The van der Waals surface area contributed by atoms with Crippen molar-refractivity contribution in [2.24, 2.45) is 0 Å². The van der Waals surface area contributed by atoms with E-state index in [9.17, 15) is 0 Å². The fraction of sp³-hybridized carbons (Fsp3) is 1.00. The standard InChI is InChI=1S/C10H20ClNO/c1-9(11)7-12(2)8-10-5-3-4-6-13-10/h9-10H,3-8H2,1-2H3. The fourth-order valence-electron chi connectivity index (χ4n) is 1.80. The Hall–Kier alpha value is 0.210. The highest BCUT2D eigenvalue weighted by molar-refractivity contribution is 6.20. The first-order valence-electron chi connectivity index (χ1n) is 5.12. The Morgan fingerprint density at radius 2 is 2.31 bits per heavy atom. The largest absolute Gasteiger partial charge is 0.377 e. The molecule has 1 rings (SSSR count). The molecular weight excluding hydrogens is 186 g/mol.